The van der Waals surface area contributed by atoms with Crippen LogP contribution < -0.4 is 5.32 Å². The van der Waals surface area contributed by atoms with Crippen LogP contribution in [0, 0.1) is 17.3 Å². The maximum absolute atomic E-state index is 3.67. The molecule has 0 saturated carbocycles. The molecule has 1 fully saturated rings. The molecule has 0 aliphatic carbocycles. The first-order valence-corrected chi connectivity index (χ1v) is 6.65. The van der Waals surface area contributed by atoms with E-state index in [1.54, 1.807) is 0 Å². The minimum absolute atomic E-state index is 0.486. The summed E-state index contributed by atoms with van der Waals surface area (Å²) in [6.07, 6.45) is 5.46. The summed E-state index contributed by atoms with van der Waals surface area (Å²) in [5.41, 5.74) is 0.486. The van der Waals surface area contributed by atoms with E-state index < -0.39 is 0 Å². The second-order valence-corrected chi connectivity index (χ2v) is 6.62. The third-order valence-electron chi connectivity index (χ3n) is 3.63. The zero-order valence-corrected chi connectivity index (χ0v) is 11.3. The zero-order valence-electron chi connectivity index (χ0n) is 11.3. The SMILES string of the molecule is CC[C@@H]1CCN[C@@H]1C[C@@H](C)CC(C)(C)C. The van der Waals surface area contributed by atoms with Crippen LogP contribution in [0.15, 0.2) is 0 Å². The van der Waals surface area contributed by atoms with Crippen molar-refractivity contribution in [3.05, 3.63) is 0 Å². The molecule has 0 aromatic carbocycles. The summed E-state index contributed by atoms with van der Waals surface area (Å²) in [6, 6.07) is 0.798. The molecule has 15 heavy (non-hydrogen) atoms. The second-order valence-electron chi connectivity index (χ2n) is 6.62. The van der Waals surface area contributed by atoms with Crippen LogP contribution in [0.3, 0.4) is 0 Å². The minimum atomic E-state index is 0.486. The van der Waals surface area contributed by atoms with Crippen LogP contribution in [0.4, 0.5) is 0 Å². The van der Waals surface area contributed by atoms with Crippen molar-refractivity contribution in [1.82, 2.24) is 5.32 Å². The zero-order chi connectivity index (χ0) is 11.5. The quantitative estimate of drug-likeness (QED) is 0.745. The van der Waals surface area contributed by atoms with Crippen LogP contribution in [-0.4, -0.2) is 12.6 Å². The van der Waals surface area contributed by atoms with E-state index in [4.69, 9.17) is 0 Å². The number of hydrogen-bond acceptors (Lipinski definition) is 1. The van der Waals surface area contributed by atoms with Crippen LogP contribution in [0.2, 0.25) is 0 Å². The lowest BCUT2D eigenvalue weighted by molar-refractivity contribution is 0.263. The maximum Gasteiger partial charge on any atom is 0.00982 e. The molecule has 1 aliphatic heterocycles. The van der Waals surface area contributed by atoms with Crippen molar-refractivity contribution < 1.29 is 0 Å². The second kappa shape index (κ2) is 5.34. The summed E-state index contributed by atoms with van der Waals surface area (Å²) in [4.78, 5) is 0. The Morgan fingerprint density at radius 2 is 2.00 bits per heavy atom. The van der Waals surface area contributed by atoms with E-state index in [1.165, 1.54) is 32.2 Å². The van der Waals surface area contributed by atoms with Gasteiger partial charge in [-0.05, 0) is 43.1 Å². The Bertz CT molecular complexity index is 180. The average molecular weight is 211 g/mol. The Morgan fingerprint density at radius 1 is 1.33 bits per heavy atom. The molecule has 0 amide bonds. The summed E-state index contributed by atoms with van der Waals surface area (Å²) in [6.45, 7) is 13.0. The van der Waals surface area contributed by atoms with E-state index in [0.29, 0.717) is 5.41 Å². The van der Waals surface area contributed by atoms with Gasteiger partial charge < -0.3 is 5.32 Å². The van der Waals surface area contributed by atoms with Gasteiger partial charge in [-0.3, -0.25) is 0 Å². The van der Waals surface area contributed by atoms with Crippen LogP contribution in [-0.2, 0) is 0 Å². The molecule has 1 rings (SSSR count). The summed E-state index contributed by atoms with van der Waals surface area (Å²) >= 11 is 0. The average Bonchev–Trinajstić information content (AvgIpc) is 2.48. The Labute approximate surface area is 96.0 Å². The van der Waals surface area contributed by atoms with Gasteiger partial charge in [0.25, 0.3) is 0 Å². The number of nitrogens with one attached hydrogen (secondary N) is 1. The summed E-state index contributed by atoms with van der Waals surface area (Å²) in [5.74, 6) is 1.79. The van der Waals surface area contributed by atoms with Crippen molar-refractivity contribution in [2.75, 3.05) is 6.54 Å². The molecule has 0 aromatic heterocycles. The molecule has 1 heteroatoms. The third kappa shape index (κ3) is 4.55. The molecule has 90 valence electrons. The molecule has 1 aliphatic rings. The topological polar surface area (TPSA) is 12.0 Å². The molecule has 1 saturated heterocycles. The van der Waals surface area contributed by atoms with E-state index >= 15 is 0 Å². The molecule has 0 spiro atoms. The predicted octanol–water partition coefficient (Wildman–Crippen LogP) is 3.84. The number of hydrogen-bond donors (Lipinski definition) is 1. The van der Waals surface area contributed by atoms with Gasteiger partial charge in [-0.15, -0.1) is 0 Å². The van der Waals surface area contributed by atoms with Gasteiger partial charge in [-0.25, -0.2) is 0 Å². The lowest BCUT2D eigenvalue weighted by Crippen LogP contribution is -2.29. The molecule has 0 radical (unpaired) electrons. The Kier molecular flexibility index (Phi) is 4.64. The molecule has 1 nitrogen and oxygen atoms in total. The summed E-state index contributed by atoms with van der Waals surface area (Å²) in [7, 11) is 0. The molecule has 0 unspecified atom stereocenters. The first-order valence-electron chi connectivity index (χ1n) is 6.65. The van der Waals surface area contributed by atoms with E-state index in [9.17, 15) is 0 Å². The highest BCUT2D eigenvalue weighted by molar-refractivity contribution is 4.84. The monoisotopic (exact) mass is 211 g/mol. The van der Waals surface area contributed by atoms with Crippen molar-refractivity contribution in [2.24, 2.45) is 17.3 Å². The summed E-state index contributed by atoms with van der Waals surface area (Å²) < 4.78 is 0. The normalized spacial score (nSPS) is 29.4. The molecule has 0 aromatic rings. The van der Waals surface area contributed by atoms with E-state index in [0.717, 1.165) is 17.9 Å². The first kappa shape index (κ1) is 13.0. The molecule has 3 atom stereocenters. The Morgan fingerprint density at radius 3 is 2.53 bits per heavy atom. The highest BCUT2D eigenvalue weighted by atomic mass is 14.9. The Balaban J connectivity index is 2.34. The lowest BCUT2D eigenvalue weighted by Gasteiger charge is -2.27. The lowest BCUT2D eigenvalue weighted by atomic mass is 9.81. The number of rotatable bonds is 4. The van der Waals surface area contributed by atoms with E-state index in [2.05, 4.69) is 39.9 Å². The Hall–Kier alpha value is -0.0400. The van der Waals surface area contributed by atoms with Gasteiger partial charge in [-0.1, -0.05) is 41.0 Å². The van der Waals surface area contributed by atoms with Gasteiger partial charge in [0, 0.05) is 6.04 Å². The molecule has 1 heterocycles. The fourth-order valence-corrected chi connectivity index (χ4v) is 3.15. The highest BCUT2D eigenvalue weighted by Crippen LogP contribution is 2.30. The van der Waals surface area contributed by atoms with Crippen LogP contribution in [0.25, 0.3) is 0 Å². The minimum Gasteiger partial charge on any atom is -0.314 e. The fraction of sp³-hybridized carbons (Fsp3) is 1.00. The van der Waals surface area contributed by atoms with Gasteiger partial charge >= 0.3 is 0 Å². The van der Waals surface area contributed by atoms with Crippen LogP contribution in [0.5, 0.6) is 0 Å². The van der Waals surface area contributed by atoms with Gasteiger partial charge in [0.05, 0.1) is 0 Å². The third-order valence-corrected chi connectivity index (χ3v) is 3.63. The van der Waals surface area contributed by atoms with Crippen molar-refractivity contribution in [3.8, 4) is 0 Å². The smallest absolute Gasteiger partial charge is 0.00982 e. The van der Waals surface area contributed by atoms with Gasteiger partial charge in [0.15, 0.2) is 0 Å². The first-order chi connectivity index (χ1) is 6.92. The van der Waals surface area contributed by atoms with Gasteiger partial charge in [0.2, 0.25) is 0 Å². The van der Waals surface area contributed by atoms with Crippen LogP contribution in [0.1, 0.15) is 60.3 Å². The van der Waals surface area contributed by atoms with Gasteiger partial charge in [-0.2, -0.15) is 0 Å². The van der Waals surface area contributed by atoms with Crippen molar-refractivity contribution >= 4 is 0 Å². The van der Waals surface area contributed by atoms with E-state index in [-0.39, 0.29) is 0 Å². The largest absolute Gasteiger partial charge is 0.314 e. The van der Waals surface area contributed by atoms with Crippen LogP contribution >= 0.6 is 0 Å². The van der Waals surface area contributed by atoms with E-state index in [1.807, 2.05) is 0 Å². The highest BCUT2D eigenvalue weighted by Gasteiger charge is 2.27. The van der Waals surface area contributed by atoms with Crippen molar-refractivity contribution in [3.63, 3.8) is 0 Å². The standard InChI is InChI=1S/C14H29N/c1-6-12-7-8-15-13(12)9-11(2)10-14(3,4)5/h11-13,15H,6-10H2,1-5H3/t11-,12-,13-/m1/s1. The van der Waals surface area contributed by atoms with Gasteiger partial charge in [0.1, 0.15) is 0 Å². The summed E-state index contributed by atoms with van der Waals surface area (Å²) in [5, 5.41) is 3.67. The molecular formula is C14H29N. The molecule has 1 N–H and O–H groups in total. The predicted molar refractivity (Wildman–Crippen MR) is 68.0 cm³/mol. The fourth-order valence-electron chi connectivity index (χ4n) is 3.15. The molecule has 0 bridgehead atoms. The maximum atomic E-state index is 3.67. The van der Waals surface area contributed by atoms with Crippen molar-refractivity contribution in [1.29, 1.82) is 0 Å². The van der Waals surface area contributed by atoms with Crippen molar-refractivity contribution in [2.45, 2.75) is 66.3 Å². The molecular weight excluding hydrogens is 182 g/mol.